The second-order valence-electron chi connectivity index (χ2n) is 4.20. The van der Waals surface area contributed by atoms with Crippen LogP contribution in [0.1, 0.15) is 12.5 Å². The van der Waals surface area contributed by atoms with Gasteiger partial charge in [0, 0.05) is 13.5 Å². The van der Waals surface area contributed by atoms with Crippen LogP contribution in [0.25, 0.3) is 6.08 Å². The summed E-state index contributed by atoms with van der Waals surface area (Å²) < 4.78 is 0. The van der Waals surface area contributed by atoms with Gasteiger partial charge in [0.2, 0.25) is 5.91 Å². The van der Waals surface area contributed by atoms with Crippen molar-refractivity contribution in [3.05, 3.63) is 41.6 Å². The normalized spacial score (nSPS) is 12.7. The van der Waals surface area contributed by atoms with E-state index in [1.807, 2.05) is 18.2 Å². The smallest absolute Gasteiger partial charge is 0.267 e. The number of carbonyl (C=O) groups excluding carboxylic acids is 2. The number of aliphatic hydroxyl groups is 2. The lowest BCUT2D eigenvalue weighted by atomic mass is 10.2. The monoisotopic (exact) mass is 278 g/mol. The molecule has 0 aliphatic rings. The number of amides is 2. The fraction of sp³-hybridized carbons (Fsp3) is 0.286. The van der Waals surface area contributed by atoms with Crippen LogP contribution in [0.4, 0.5) is 0 Å². The van der Waals surface area contributed by atoms with Crippen molar-refractivity contribution < 1.29 is 19.8 Å². The molecule has 1 rings (SSSR count). The van der Waals surface area contributed by atoms with Crippen molar-refractivity contribution in [1.82, 2.24) is 10.6 Å². The molecule has 0 spiro atoms. The minimum atomic E-state index is -1.03. The number of carbonyl (C=O) groups is 2. The summed E-state index contributed by atoms with van der Waals surface area (Å²) in [6.07, 6.45) is 0.497. The van der Waals surface area contributed by atoms with Crippen molar-refractivity contribution in [1.29, 1.82) is 0 Å². The van der Waals surface area contributed by atoms with Crippen molar-refractivity contribution in [3.63, 3.8) is 0 Å². The van der Waals surface area contributed by atoms with Gasteiger partial charge < -0.3 is 20.8 Å². The van der Waals surface area contributed by atoms with Gasteiger partial charge >= 0.3 is 0 Å². The van der Waals surface area contributed by atoms with Crippen molar-refractivity contribution in [3.8, 4) is 0 Å². The van der Waals surface area contributed by atoms with Gasteiger partial charge in [-0.1, -0.05) is 30.3 Å². The van der Waals surface area contributed by atoms with E-state index in [9.17, 15) is 14.7 Å². The molecule has 0 bridgehead atoms. The molecule has 0 saturated carbocycles. The summed E-state index contributed by atoms with van der Waals surface area (Å²) in [7, 11) is 0. The van der Waals surface area contributed by atoms with Crippen LogP contribution < -0.4 is 10.6 Å². The van der Waals surface area contributed by atoms with Crippen LogP contribution in [0.5, 0.6) is 0 Å². The maximum Gasteiger partial charge on any atom is 0.267 e. The van der Waals surface area contributed by atoms with Crippen LogP contribution in [0, 0.1) is 0 Å². The first-order valence-electron chi connectivity index (χ1n) is 6.14. The highest BCUT2D eigenvalue weighted by molar-refractivity contribution is 6.00. The zero-order chi connectivity index (χ0) is 15.0. The minimum absolute atomic E-state index is 0.0776. The van der Waals surface area contributed by atoms with Crippen LogP contribution in [0.2, 0.25) is 0 Å². The number of rotatable bonds is 6. The minimum Gasteiger partial charge on any atom is -0.394 e. The van der Waals surface area contributed by atoms with Gasteiger partial charge in [-0.2, -0.15) is 0 Å². The SMILES string of the molecule is CC(=O)N/C(=C/c1ccccc1)C(=O)NCC(O)CO. The van der Waals surface area contributed by atoms with E-state index in [0.29, 0.717) is 0 Å². The Morgan fingerprint density at radius 1 is 1.30 bits per heavy atom. The summed E-state index contributed by atoms with van der Waals surface area (Å²) in [5, 5.41) is 22.7. The molecule has 1 aromatic rings. The van der Waals surface area contributed by atoms with Gasteiger partial charge in [-0.15, -0.1) is 0 Å². The Kier molecular flexibility index (Phi) is 6.42. The first-order chi connectivity index (χ1) is 9.52. The third kappa shape index (κ3) is 5.64. The summed E-state index contributed by atoms with van der Waals surface area (Å²) >= 11 is 0. The molecule has 0 heterocycles. The molecular formula is C14H18N2O4. The summed E-state index contributed by atoms with van der Waals surface area (Å²) in [6.45, 7) is 0.758. The van der Waals surface area contributed by atoms with Crippen LogP contribution in [-0.4, -0.2) is 41.3 Å². The van der Waals surface area contributed by atoms with Crippen molar-refractivity contribution in [2.24, 2.45) is 0 Å². The van der Waals surface area contributed by atoms with E-state index in [0.717, 1.165) is 5.56 Å². The van der Waals surface area contributed by atoms with Gasteiger partial charge in [-0.25, -0.2) is 0 Å². The van der Waals surface area contributed by atoms with Gasteiger partial charge in [0.15, 0.2) is 0 Å². The summed E-state index contributed by atoms with van der Waals surface area (Å²) in [5.41, 5.74) is 0.836. The zero-order valence-electron chi connectivity index (χ0n) is 11.2. The Labute approximate surface area is 117 Å². The highest BCUT2D eigenvalue weighted by atomic mass is 16.3. The molecule has 0 radical (unpaired) electrons. The van der Waals surface area contributed by atoms with E-state index in [4.69, 9.17) is 5.11 Å². The summed E-state index contributed by atoms with van der Waals surface area (Å²) in [5.74, 6) is -0.901. The van der Waals surface area contributed by atoms with Gasteiger partial charge in [-0.05, 0) is 11.6 Å². The van der Waals surface area contributed by atoms with E-state index in [1.165, 1.54) is 13.0 Å². The molecule has 2 amide bonds. The van der Waals surface area contributed by atoms with E-state index < -0.39 is 18.6 Å². The van der Waals surface area contributed by atoms with E-state index in [1.54, 1.807) is 12.1 Å². The van der Waals surface area contributed by atoms with Crippen molar-refractivity contribution in [2.45, 2.75) is 13.0 Å². The van der Waals surface area contributed by atoms with Crippen molar-refractivity contribution >= 4 is 17.9 Å². The molecule has 0 aromatic heterocycles. The molecule has 0 aliphatic heterocycles. The largest absolute Gasteiger partial charge is 0.394 e. The van der Waals surface area contributed by atoms with Gasteiger partial charge in [0.25, 0.3) is 5.91 Å². The van der Waals surface area contributed by atoms with Gasteiger partial charge in [-0.3, -0.25) is 9.59 Å². The Bertz CT molecular complexity index is 485. The summed E-state index contributed by atoms with van der Waals surface area (Å²) in [4.78, 5) is 23.0. The number of benzene rings is 1. The number of aliphatic hydroxyl groups excluding tert-OH is 2. The molecule has 0 aliphatic carbocycles. The van der Waals surface area contributed by atoms with Gasteiger partial charge in [0.1, 0.15) is 5.70 Å². The van der Waals surface area contributed by atoms with Crippen LogP contribution >= 0.6 is 0 Å². The lowest BCUT2D eigenvalue weighted by Gasteiger charge is -2.12. The lowest BCUT2D eigenvalue weighted by molar-refractivity contribution is -0.122. The second kappa shape index (κ2) is 8.08. The fourth-order valence-corrected chi connectivity index (χ4v) is 1.43. The maximum absolute atomic E-state index is 11.9. The zero-order valence-corrected chi connectivity index (χ0v) is 11.2. The van der Waals surface area contributed by atoms with E-state index >= 15 is 0 Å². The van der Waals surface area contributed by atoms with Crippen molar-refractivity contribution in [2.75, 3.05) is 13.2 Å². The molecule has 1 atom stereocenters. The topological polar surface area (TPSA) is 98.7 Å². The Hall–Kier alpha value is -2.18. The molecule has 20 heavy (non-hydrogen) atoms. The van der Waals surface area contributed by atoms with Crippen LogP contribution in [0.15, 0.2) is 36.0 Å². The first-order valence-corrected chi connectivity index (χ1v) is 6.14. The molecule has 1 unspecified atom stereocenters. The molecule has 6 nitrogen and oxygen atoms in total. The molecule has 0 saturated heterocycles. The second-order valence-corrected chi connectivity index (χ2v) is 4.20. The molecule has 0 fully saturated rings. The lowest BCUT2D eigenvalue weighted by Crippen LogP contribution is -2.38. The number of hydrogen-bond acceptors (Lipinski definition) is 4. The standard InChI is InChI=1S/C14H18N2O4/c1-10(18)16-13(7-11-5-3-2-4-6-11)14(20)15-8-12(19)9-17/h2-7,12,17,19H,8-9H2,1H3,(H,15,20)(H,16,18)/b13-7+. The van der Waals surface area contributed by atoms with E-state index in [2.05, 4.69) is 10.6 Å². The molecular weight excluding hydrogens is 260 g/mol. The number of hydrogen-bond donors (Lipinski definition) is 4. The highest BCUT2D eigenvalue weighted by Crippen LogP contribution is 2.05. The highest BCUT2D eigenvalue weighted by Gasteiger charge is 2.12. The van der Waals surface area contributed by atoms with Gasteiger partial charge in [0.05, 0.1) is 12.7 Å². The average molecular weight is 278 g/mol. The maximum atomic E-state index is 11.9. The third-order valence-corrected chi connectivity index (χ3v) is 2.37. The average Bonchev–Trinajstić information content (AvgIpc) is 2.44. The first kappa shape index (κ1) is 15.9. The Balaban J connectivity index is 2.81. The summed E-state index contributed by atoms with van der Waals surface area (Å²) in [6, 6.07) is 9.04. The van der Waals surface area contributed by atoms with Crippen LogP contribution in [0.3, 0.4) is 0 Å². The molecule has 6 heteroatoms. The third-order valence-electron chi connectivity index (χ3n) is 2.37. The van der Waals surface area contributed by atoms with Crippen LogP contribution in [-0.2, 0) is 9.59 Å². The predicted molar refractivity (Wildman–Crippen MR) is 74.3 cm³/mol. The molecule has 4 N–H and O–H groups in total. The number of nitrogens with one attached hydrogen (secondary N) is 2. The molecule has 1 aromatic carbocycles. The van der Waals surface area contributed by atoms with E-state index in [-0.39, 0.29) is 18.1 Å². The molecule has 108 valence electrons. The predicted octanol–water partition coefficient (Wildman–Crippen LogP) is -0.367. The fourth-order valence-electron chi connectivity index (χ4n) is 1.43. The Morgan fingerprint density at radius 3 is 2.50 bits per heavy atom. The quantitative estimate of drug-likeness (QED) is 0.534. The Morgan fingerprint density at radius 2 is 1.95 bits per heavy atom.